The molecule has 0 aliphatic carbocycles. The summed E-state index contributed by atoms with van der Waals surface area (Å²) >= 11 is 0. The number of carbonyl (C=O) groups excluding carboxylic acids is 3. The fourth-order valence-corrected chi connectivity index (χ4v) is 5.80. The lowest BCUT2D eigenvalue weighted by Crippen LogP contribution is -2.60. The summed E-state index contributed by atoms with van der Waals surface area (Å²) < 4.78 is 0. The van der Waals surface area contributed by atoms with Gasteiger partial charge in [0.05, 0.1) is 5.97 Å². The van der Waals surface area contributed by atoms with Crippen molar-refractivity contribution in [3.8, 4) is 0 Å². The number of carboxylic acids is 1. The van der Waals surface area contributed by atoms with Crippen LogP contribution in [0.4, 0.5) is 0 Å². The molecule has 0 aliphatic heterocycles. The largest absolute Gasteiger partial charge is 0.549 e. The third-order valence-electron chi connectivity index (χ3n) is 8.28. The van der Waals surface area contributed by atoms with Crippen molar-refractivity contribution in [3.05, 3.63) is 0 Å². The number of hydrogen-bond acceptors (Lipinski definition) is 4. The van der Waals surface area contributed by atoms with Gasteiger partial charge in [0.1, 0.15) is 5.41 Å². The molecular formula is C34H67NO4. The second-order valence-electron chi connectivity index (χ2n) is 12.7. The van der Waals surface area contributed by atoms with Gasteiger partial charge in [0.2, 0.25) is 0 Å². The fourth-order valence-electron chi connectivity index (χ4n) is 5.80. The molecule has 0 aromatic rings. The number of hydrogen-bond donors (Lipinski definition) is 1. The maximum atomic E-state index is 13.3. The number of quaternary nitrogens is 1. The normalized spacial score (nSPS) is 11.8. The topological polar surface area (TPSA) is 111 Å². The maximum Gasteiger partial charge on any atom is 0.152 e. The SMILES string of the molecule is CCCCCCCCCCCCCC(=O)C(C(=O)[O-])(C(=O)CCCCCCCCCCCCC)C(C)(C)C.[NH4+]. The first kappa shape index (κ1) is 39.9. The van der Waals surface area contributed by atoms with Crippen LogP contribution in [0.15, 0.2) is 0 Å². The van der Waals surface area contributed by atoms with Crippen LogP contribution in [0.25, 0.3) is 0 Å². The van der Waals surface area contributed by atoms with Crippen molar-refractivity contribution in [2.75, 3.05) is 0 Å². The highest BCUT2D eigenvalue weighted by molar-refractivity contribution is 6.22. The molecule has 0 amide bonds. The zero-order valence-electron chi connectivity index (χ0n) is 27.1. The minimum absolute atomic E-state index is 0. The second kappa shape index (κ2) is 24.6. The van der Waals surface area contributed by atoms with Crippen molar-refractivity contribution >= 4 is 17.5 Å². The van der Waals surface area contributed by atoms with E-state index >= 15 is 0 Å². The van der Waals surface area contributed by atoms with E-state index in [9.17, 15) is 19.5 Å². The average molecular weight is 554 g/mol. The van der Waals surface area contributed by atoms with E-state index in [1.807, 2.05) is 0 Å². The smallest absolute Gasteiger partial charge is 0.152 e. The van der Waals surface area contributed by atoms with Gasteiger partial charge in [-0.05, 0) is 18.3 Å². The summed E-state index contributed by atoms with van der Waals surface area (Å²) in [6.45, 7) is 9.55. The predicted octanol–water partition coefficient (Wildman–Crippen LogP) is 9.69. The van der Waals surface area contributed by atoms with Gasteiger partial charge in [-0.3, -0.25) is 9.59 Å². The van der Waals surface area contributed by atoms with Crippen LogP contribution in [-0.2, 0) is 14.4 Å². The molecule has 0 saturated carbocycles. The standard InChI is InChI=1S/C34H64O4.H3N/c1-6-8-10-12-14-16-18-20-22-24-26-28-30(35)34(32(37)38,33(3,4)5)31(36)29-27-25-23-21-19-17-15-13-11-9-7-2;/h6-29H2,1-5H3,(H,37,38);1H3. The van der Waals surface area contributed by atoms with Gasteiger partial charge in [0.15, 0.2) is 11.6 Å². The average Bonchev–Trinajstić information content (AvgIpc) is 2.85. The van der Waals surface area contributed by atoms with E-state index in [1.165, 1.54) is 89.9 Å². The predicted molar refractivity (Wildman–Crippen MR) is 165 cm³/mol. The van der Waals surface area contributed by atoms with Crippen molar-refractivity contribution < 1.29 is 19.5 Å². The Hall–Kier alpha value is -1.23. The van der Waals surface area contributed by atoms with Gasteiger partial charge in [-0.25, -0.2) is 0 Å². The third-order valence-corrected chi connectivity index (χ3v) is 8.28. The van der Waals surface area contributed by atoms with Gasteiger partial charge in [0, 0.05) is 12.8 Å². The number of Topliss-reactive ketones (excluding diaryl/α,β-unsaturated/α-hetero) is 2. The Morgan fingerprint density at radius 1 is 0.462 bits per heavy atom. The van der Waals surface area contributed by atoms with Crippen LogP contribution in [0.5, 0.6) is 0 Å². The molecule has 5 heteroatoms. The molecule has 0 rings (SSSR count). The van der Waals surface area contributed by atoms with Gasteiger partial charge in [0.25, 0.3) is 0 Å². The van der Waals surface area contributed by atoms with Crippen LogP contribution in [0.1, 0.15) is 189 Å². The van der Waals surface area contributed by atoms with Crippen molar-refractivity contribution in [1.82, 2.24) is 6.15 Å². The Balaban J connectivity index is 0. The number of unbranched alkanes of at least 4 members (excludes halogenated alkanes) is 20. The molecule has 0 saturated heterocycles. The Morgan fingerprint density at radius 3 is 0.897 bits per heavy atom. The van der Waals surface area contributed by atoms with E-state index in [4.69, 9.17) is 0 Å². The molecule has 39 heavy (non-hydrogen) atoms. The van der Waals surface area contributed by atoms with Crippen molar-refractivity contribution in [2.24, 2.45) is 10.8 Å². The minimum Gasteiger partial charge on any atom is -0.549 e. The zero-order valence-corrected chi connectivity index (χ0v) is 27.1. The highest BCUT2D eigenvalue weighted by atomic mass is 16.4. The molecule has 4 N–H and O–H groups in total. The molecule has 0 aromatic heterocycles. The molecular weight excluding hydrogens is 486 g/mol. The highest BCUT2D eigenvalue weighted by Gasteiger charge is 2.54. The van der Waals surface area contributed by atoms with E-state index in [2.05, 4.69) is 13.8 Å². The summed E-state index contributed by atoms with van der Waals surface area (Å²) in [6, 6.07) is 0. The van der Waals surface area contributed by atoms with Crippen LogP contribution in [0.3, 0.4) is 0 Å². The van der Waals surface area contributed by atoms with Crippen LogP contribution < -0.4 is 11.3 Å². The zero-order chi connectivity index (χ0) is 28.7. The molecule has 0 fully saturated rings. The second-order valence-corrected chi connectivity index (χ2v) is 12.7. The number of rotatable bonds is 27. The molecule has 0 atom stereocenters. The van der Waals surface area contributed by atoms with Crippen LogP contribution >= 0.6 is 0 Å². The molecule has 5 nitrogen and oxygen atoms in total. The monoisotopic (exact) mass is 554 g/mol. The van der Waals surface area contributed by atoms with E-state index < -0.39 is 28.4 Å². The summed E-state index contributed by atoms with van der Waals surface area (Å²) in [5.74, 6) is -2.41. The van der Waals surface area contributed by atoms with E-state index in [0.717, 1.165) is 38.5 Å². The number of ketones is 2. The van der Waals surface area contributed by atoms with E-state index in [1.54, 1.807) is 20.8 Å². The molecule has 232 valence electrons. The Bertz CT molecular complexity index is 585. The van der Waals surface area contributed by atoms with E-state index in [0.29, 0.717) is 12.8 Å². The van der Waals surface area contributed by atoms with Gasteiger partial charge in [-0.1, -0.05) is 163 Å². The highest BCUT2D eigenvalue weighted by Crippen LogP contribution is 2.43. The third kappa shape index (κ3) is 16.6. The van der Waals surface area contributed by atoms with Gasteiger partial charge in [-0.15, -0.1) is 0 Å². The lowest BCUT2D eigenvalue weighted by atomic mass is 9.60. The first-order valence-corrected chi connectivity index (χ1v) is 16.4. The van der Waals surface area contributed by atoms with Crippen LogP contribution in [0.2, 0.25) is 0 Å². The van der Waals surface area contributed by atoms with Crippen molar-refractivity contribution in [1.29, 1.82) is 0 Å². The van der Waals surface area contributed by atoms with Crippen LogP contribution in [-0.4, -0.2) is 17.5 Å². The number of carboxylic acid groups (broad SMARTS) is 1. The Labute approximate surface area is 242 Å². The molecule has 0 unspecified atom stereocenters. The molecule has 0 bridgehead atoms. The molecule has 0 heterocycles. The summed E-state index contributed by atoms with van der Waals surface area (Å²) in [7, 11) is 0. The first-order valence-electron chi connectivity index (χ1n) is 16.4. The van der Waals surface area contributed by atoms with Gasteiger partial charge >= 0.3 is 0 Å². The van der Waals surface area contributed by atoms with Gasteiger partial charge < -0.3 is 16.1 Å². The maximum absolute atomic E-state index is 13.3. The molecule has 0 aromatic carbocycles. The molecule has 0 spiro atoms. The van der Waals surface area contributed by atoms with Gasteiger partial charge in [-0.2, -0.15) is 0 Å². The minimum atomic E-state index is -2.04. The number of carbonyl (C=O) groups is 3. The Kier molecular flexibility index (Phi) is 25.1. The number of aliphatic carboxylic acids is 1. The summed E-state index contributed by atoms with van der Waals surface area (Å²) in [5, 5.41) is 12.4. The lowest BCUT2D eigenvalue weighted by Gasteiger charge is -2.43. The lowest BCUT2D eigenvalue weighted by molar-refractivity contribution is -0.318. The summed E-state index contributed by atoms with van der Waals surface area (Å²) in [6.07, 6.45) is 26.0. The Morgan fingerprint density at radius 2 is 0.692 bits per heavy atom. The van der Waals surface area contributed by atoms with Crippen molar-refractivity contribution in [3.63, 3.8) is 0 Å². The first-order chi connectivity index (χ1) is 18.2. The molecule has 0 radical (unpaired) electrons. The fraction of sp³-hybridized carbons (Fsp3) is 0.912. The van der Waals surface area contributed by atoms with Crippen LogP contribution in [0, 0.1) is 10.8 Å². The molecule has 0 aliphatic rings. The summed E-state index contributed by atoms with van der Waals surface area (Å²) in [5.41, 5.74) is -3.04. The van der Waals surface area contributed by atoms with Crippen molar-refractivity contribution in [2.45, 2.75) is 189 Å². The quantitative estimate of drug-likeness (QED) is 0.0805. The van der Waals surface area contributed by atoms with E-state index in [-0.39, 0.29) is 19.0 Å². The summed E-state index contributed by atoms with van der Waals surface area (Å²) in [4.78, 5) is 39.0.